The number of carbonyl (C=O) groups excluding carboxylic acids is 1. The van der Waals surface area contributed by atoms with Crippen molar-refractivity contribution in [3.8, 4) is 0 Å². The summed E-state index contributed by atoms with van der Waals surface area (Å²) < 4.78 is 26.1. The first-order valence-electron chi connectivity index (χ1n) is 7.99. The largest absolute Gasteiger partial charge is 0.393 e. The van der Waals surface area contributed by atoms with Crippen LogP contribution in [0.5, 0.6) is 0 Å². The van der Waals surface area contributed by atoms with Gasteiger partial charge in [0.25, 0.3) is 5.91 Å². The van der Waals surface area contributed by atoms with E-state index in [0.29, 0.717) is 30.5 Å². The lowest BCUT2D eigenvalue weighted by Crippen LogP contribution is -2.38. The Morgan fingerprint density at radius 3 is 2.61 bits per heavy atom. The van der Waals surface area contributed by atoms with Gasteiger partial charge in [0.05, 0.1) is 11.9 Å². The number of benzene rings is 1. The second kappa shape index (κ2) is 7.79. The monoisotopic (exact) mass is 340 g/mol. The van der Waals surface area contributed by atoms with Gasteiger partial charge in [-0.2, -0.15) is 0 Å². The van der Waals surface area contributed by atoms with E-state index in [-0.39, 0.29) is 23.8 Å². The molecule has 1 aliphatic carbocycles. The second-order valence-electron chi connectivity index (χ2n) is 5.98. The molecule has 23 heavy (non-hydrogen) atoms. The summed E-state index contributed by atoms with van der Waals surface area (Å²) in [4.78, 5) is 12.3. The zero-order valence-corrected chi connectivity index (χ0v) is 14.1. The van der Waals surface area contributed by atoms with E-state index in [2.05, 4.69) is 10.0 Å². The highest BCUT2D eigenvalue weighted by Gasteiger charge is 2.21. The molecular weight excluding hydrogens is 316 g/mol. The third-order valence-corrected chi connectivity index (χ3v) is 5.40. The van der Waals surface area contributed by atoms with Gasteiger partial charge < -0.3 is 10.4 Å². The Bertz CT molecular complexity index is 637. The molecule has 6 nitrogen and oxygen atoms in total. The van der Waals surface area contributed by atoms with Crippen LogP contribution in [0.2, 0.25) is 0 Å². The summed E-state index contributed by atoms with van der Waals surface area (Å²) in [5, 5.41) is 12.4. The van der Waals surface area contributed by atoms with Gasteiger partial charge in [-0.05, 0) is 50.3 Å². The van der Waals surface area contributed by atoms with E-state index in [1.54, 1.807) is 31.2 Å². The molecular formula is C16H24N2O4S. The lowest BCUT2D eigenvalue weighted by molar-refractivity contribution is 0.0867. The maximum Gasteiger partial charge on any atom is 0.251 e. The average Bonchev–Trinajstić information content (AvgIpc) is 2.49. The van der Waals surface area contributed by atoms with E-state index in [1.807, 2.05) is 0 Å². The average molecular weight is 340 g/mol. The molecule has 2 rings (SSSR count). The number of anilines is 1. The molecule has 0 saturated heterocycles. The minimum Gasteiger partial charge on any atom is -0.393 e. The van der Waals surface area contributed by atoms with Crippen LogP contribution < -0.4 is 10.0 Å². The Balaban J connectivity index is 2.00. The number of carbonyl (C=O) groups is 1. The van der Waals surface area contributed by atoms with Gasteiger partial charge in [0, 0.05) is 17.3 Å². The smallest absolute Gasteiger partial charge is 0.251 e. The fourth-order valence-corrected chi connectivity index (χ4v) is 3.84. The summed E-state index contributed by atoms with van der Waals surface area (Å²) in [6.07, 6.45) is 3.18. The molecule has 0 atom stereocenters. The molecule has 3 N–H and O–H groups in total. The Labute approximate surface area is 137 Å². The molecule has 128 valence electrons. The Kier molecular flexibility index (Phi) is 6.01. The van der Waals surface area contributed by atoms with Gasteiger partial charge in [0.15, 0.2) is 0 Å². The van der Waals surface area contributed by atoms with Gasteiger partial charge in [0.1, 0.15) is 0 Å². The molecule has 1 amide bonds. The lowest BCUT2D eigenvalue weighted by Gasteiger charge is -2.26. The Morgan fingerprint density at radius 2 is 1.96 bits per heavy atom. The number of hydrogen-bond donors (Lipinski definition) is 3. The predicted molar refractivity (Wildman–Crippen MR) is 89.9 cm³/mol. The second-order valence-corrected chi connectivity index (χ2v) is 7.82. The van der Waals surface area contributed by atoms with E-state index < -0.39 is 10.0 Å². The summed E-state index contributed by atoms with van der Waals surface area (Å²) in [5.74, 6) is -0.170. The lowest BCUT2D eigenvalue weighted by atomic mass is 9.93. The highest BCUT2D eigenvalue weighted by molar-refractivity contribution is 7.92. The first kappa shape index (κ1) is 17.7. The first-order valence-corrected chi connectivity index (χ1v) is 9.64. The van der Waals surface area contributed by atoms with E-state index in [9.17, 15) is 18.3 Å². The summed E-state index contributed by atoms with van der Waals surface area (Å²) in [7, 11) is -3.37. The molecule has 0 bridgehead atoms. The van der Waals surface area contributed by atoms with Crippen molar-refractivity contribution in [3.05, 3.63) is 29.8 Å². The van der Waals surface area contributed by atoms with Crippen molar-refractivity contribution in [3.63, 3.8) is 0 Å². The SMILES string of the molecule is CCCS(=O)(=O)Nc1cccc(C(=O)NC2CCC(O)CC2)c1. The molecule has 1 saturated carbocycles. The molecule has 0 aromatic heterocycles. The van der Waals surface area contributed by atoms with Crippen molar-refractivity contribution in [1.82, 2.24) is 5.32 Å². The van der Waals surface area contributed by atoms with Crippen LogP contribution in [-0.2, 0) is 10.0 Å². The minimum absolute atomic E-state index is 0.0494. The van der Waals surface area contributed by atoms with Crippen LogP contribution in [-0.4, -0.2) is 37.3 Å². The van der Waals surface area contributed by atoms with E-state index in [4.69, 9.17) is 0 Å². The molecule has 1 aromatic carbocycles. The van der Waals surface area contributed by atoms with Crippen LogP contribution in [0.3, 0.4) is 0 Å². The molecule has 1 fully saturated rings. The van der Waals surface area contributed by atoms with Crippen LogP contribution in [0.4, 0.5) is 5.69 Å². The minimum atomic E-state index is -3.37. The number of amides is 1. The Hall–Kier alpha value is -1.60. The summed E-state index contributed by atoms with van der Waals surface area (Å²) in [6.45, 7) is 1.80. The standard InChI is InChI=1S/C16H24N2O4S/c1-2-10-23(21,22)18-14-5-3-4-12(11-14)16(20)17-13-6-8-15(19)9-7-13/h3-5,11,13,15,18-19H,2,6-10H2,1H3,(H,17,20). The van der Waals surface area contributed by atoms with Gasteiger partial charge >= 0.3 is 0 Å². The topological polar surface area (TPSA) is 95.5 Å². The van der Waals surface area contributed by atoms with Crippen molar-refractivity contribution in [2.45, 2.75) is 51.2 Å². The molecule has 0 spiro atoms. The van der Waals surface area contributed by atoms with Crippen LogP contribution in [0.1, 0.15) is 49.4 Å². The molecule has 1 aliphatic rings. The number of sulfonamides is 1. The molecule has 0 unspecified atom stereocenters. The number of rotatable bonds is 6. The van der Waals surface area contributed by atoms with Gasteiger partial charge in [-0.3, -0.25) is 9.52 Å². The van der Waals surface area contributed by atoms with Gasteiger partial charge in [-0.1, -0.05) is 13.0 Å². The fourth-order valence-electron chi connectivity index (χ4n) is 2.71. The molecule has 0 aliphatic heterocycles. The highest BCUT2D eigenvalue weighted by Crippen LogP contribution is 2.19. The number of aliphatic hydroxyl groups is 1. The van der Waals surface area contributed by atoms with Crippen molar-refractivity contribution >= 4 is 21.6 Å². The fraction of sp³-hybridized carbons (Fsp3) is 0.562. The zero-order valence-electron chi connectivity index (χ0n) is 13.3. The summed E-state index contributed by atoms with van der Waals surface area (Å²) >= 11 is 0. The van der Waals surface area contributed by atoms with Crippen LogP contribution in [0, 0.1) is 0 Å². The zero-order chi connectivity index (χ0) is 16.9. The van der Waals surface area contributed by atoms with Crippen molar-refractivity contribution < 1.29 is 18.3 Å². The molecule has 0 heterocycles. The third kappa shape index (κ3) is 5.51. The van der Waals surface area contributed by atoms with Crippen molar-refractivity contribution in [2.75, 3.05) is 10.5 Å². The van der Waals surface area contributed by atoms with E-state index in [0.717, 1.165) is 12.8 Å². The number of aliphatic hydroxyl groups excluding tert-OH is 1. The maximum absolute atomic E-state index is 12.3. The Morgan fingerprint density at radius 1 is 1.26 bits per heavy atom. The van der Waals surface area contributed by atoms with E-state index in [1.165, 1.54) is 0 Å². The van der Waals surface area contributed by atoms with Crippen LogP contribution in [0.15, 0.2) is 24.3 Å². The maximum atomic E-state index is 12.3. The molecule has 0 radical (unpaired) electrons. The molecule has 1 aromatic rings. The molecule has 7 heteroatoms. The summed E-state index contributed by atoms with van der Waals surface area (Å²) in [5.41, 5.74) is 0.818. The van der Waals surface area contributed by atoms with Gasteiger partial charge in [-0.25, -0.2) is 8.42 Å². The van der Waals surface area contributed by atoms with Gasteiger partial charge in [-0.15, -0.1) is 0 Å². The third-order valence-electron chi connectivity index (χ3n) is 3.90. The number of nitrogens with one attached hydrogen (secondary N) is 2. The van der Waals surface area contributed by atoms with Crippen LogP contribution >= 0.6 is 0 Å². The quantitative estimate of drug-likeness (QED) is 0.737. The first-order chi connectivity index (χ1) is 10.9. The van der Waals surface area contributed by atoms with Crippen LogP contribution in [0.25, 0.3) is 0 Å². The van der Waals surface area contributed by atoms with Crippen molar-refractivity contribution in [1.29, 1.82) is 0 Å². The van der Waals surface area contributed by atoms with Gasteiger partial charge in [0.2, 0.25) is 10.0 Å². The predicted octanol–water partition coefficient (Wildman–Crippen LogP) is 1.87. The van der Waals surface area contributed by atoms with E-state index >= 15 is 0 Å². The summed E-state index contributed by atoms with van der Waals surface area (Å²) in [6, 6.07) is 6.54. The van der Waals surface area contributed by atoms with Crippen molar-refractivity contribution in [2.24, 2.45) is 0 Å². The highest BCUT2D eigenvalue weighted by atomic mass is 32.2. The normalized spacial score (nSPS) is 21.7. The number of hydrogen-bond acceptors (Lipinski definition) is 4.